The van der Waals surface area contributed by atoms with E-state index in [0.29, 0.717) is 0 Å². The van der Waals surface area contributed by atoms with Gasteiger partial charge in [0.25, 0.3) is 5.69 Å². The summed E-state index contributed by atoms with van der Waals surface area (Å²) in [5.74, 6) is 0. The maximum Gasteiger partial charge on any atom is 0.287 e. The SMILES string of the molecule is O=[N+]([O-])c1c[nH]c(-c2ccccc2)c1. The van der Waals surface area contributed by atoms with Crippen LogP contribution in [0.25, 0.3) is 11.3 Å². The molecule has 0 saturated carbocycles. The van der Waals surface area contributed by atoms with Crippen molar-refractivity contribution in [2.75, 3.05) is 0 Å². The van der Waals surface area contributed by atoms with Gasteiger partial charge in [0.1, 0.15) is 0 Å². The number of aromatic amines is 1. The van der Waals surface area contributed by atoms with Crippen LogP contribution >= 0.6 is 0 Å². The summed E-state index contributed by atoms with van der Waals surface area (Å²) in [5, 5.41) is 10.4. The second-order valence-corrected chi connectivity index (χ2v) is 2.89. The Kier molecular flexibility index (Phi) is 2.02. The van der Waals surface area contributed by atoms with Crippen LogP contribution < -0.4 is 0 Å². The molecule has 0 radical (unpaired) electrons. The van der Waals surface area contributed by atoms with Gasteiger partial charge in [-0.1, -0.05) is 30.3 Å². The predicted molar refractivity (Wildman–Crippen MR) is 52.9 cm³/mol. The minimum Gasteiger partial charge on any atom is -0.355 e. The number of hydrogen-bond acceptors (Lipinski definition) is 2. The molecule has 0 aliphatic heterocycles. The fraction of sp³-hybridized carbons (Fsp3) is 0. The molecule has 0 amide bonds. The molecule has 1 N–H and O–H groups in total. The topological polar surface area (TPSA) is 58.9 Å². The molecule has 0 aliphatic rings. The van der Waals surface area contributed by atoms with Crippen LogP contribution in [0.1, 0.15) is 0 Å². The molecule has 0 aliphatic carbocycles. The van der Waals surface area contributed by atoms with Gasteiger partial charge in [-0.2, -0.15) is 0 Å². The van der Waals surface area contributed by atoms with Gasteiger partial charge in [0.05, 0.1) is 16.8 Å². The van der Waals surface area contributed by atoms with Crippen molar-refractivity contribution < 1.29 is 4.92 Å². The second kappa shape index (κ2) is 3.33. The van der Waals surface area contributed by atoms with Crippen LogP contribution in [0.5, 0.6) is 0 Å². The molecule has 0 bridgehead atoms. The maximum absolute atomic E-state index is 10.4. The Morgan fingerprint density at radius 2 is 1.93 bits per heavy atom. The number of nitro groups is 1. The summed E-state index contributed by atoms with van der Waals surface area (Å²) in [4.78, 5) is 12.9. The fourth-order valence-corrected chi connectivity index (χ4v) is 1.27. The van der Waals surface area contributed by atoms with Crippen molar-refractivity contribution in [2.24, 2.45) is 0 Å². The normalized spacial score (nSPS) is 10.0. The first-order chi connectivity index (χ1) is 6.77. The molecule has 0 fully saturated rings. The van der Waals surface area contributed by atoms with Gasteiger partial charge >= 0.3 is 0 Å². The average molecular weight is 188 g/mol. The van der Waals surface area contributed by atoms with Crippen LogP contribution in [0.2, 0.25) is 0 Å². The number of nitrogens with zero attached hydrogens (tertiary/aromatic N) is 1. The lowest BCUT2D eigenvalue weighted by molar-refractivity contribution is -0.384. The summed E-state index contributed by atoms with van der Waals surface area (Å²) in [5.41, 5.74) is 1.79. The second-order valence-electron chi connectivity index (χ2n) is 2.89. The quantitative estimate of drug-likeness (QED) is 0.581. The van der Waals surface area contributed by atoms with Crippen LogP contribution in [0.3, 0.4) is 0 Å². The van der Waals surface area contributed by atoms with Crippen LogP contribution in [0.4, 0.5) is 5.69 Å². The van der Waals surface area contributed by atoms with Crippen molar-refractivity contribution >= 4 is 5.69 Å². The summed E-state index contributed by atoms with van der Waals surface area (Å²) in [7, 11) is 0. The third-order valence-electron chi connectivity index (χ3n) is 1.96. The molecule has 2 rings (SSSR count). The van der Waals surface area contributed by atoms with E-state index in [9.17, 15) is 10.1 Å². The molecule has 0 saturated heterocycles. The summed E-state index contributed by atoms with van der Waals surface area (Å²) < 4.78 is 0. The number of H-pyrrole nitrogens is 1. The van der Waals surface area contributed by atoms with Gasteiger partial charge in [-0.3, -0.25) is 10.1 Å². The Morgan fingerprint density at radius 1 is 1.21 bits per heavy atom. The number of aromatic nitrogens is 1. The minimum absolute atomic E-state index is 0.0869. The van der Waals surface area contributed by atoms with E-state index in [1.165, 1.54) is 12.3 Å². The highest BCUT2D eigenvalue weighted by Gasteiger charge is 2.08. The highest BCUT2D eigenvalue weighted by molar-refractivity contribution is 5.62. The standard InChI is InChI=1S/C10H8N2O2/c13-12(14)9-6-10(11-7-9)8-4-2-1-3-5-8/h1-7,11H. The Bertz CT molecular complexity index is 448. The third-order valence-corrected chi connectivity index (χ3v) is 1.96. The zero-order valence-corrected chi connectivity index (χ0v) is 7.31. The van der Waals surface area contributed by atoms with E-state index in [2.05, 4.69) is 4.98 Å². The van der Waals surface area contributed by atoms with E-state index in [-0.39, 0.29) is 5.69 Å². The lowest BCUT2D eigenvalue weighted by Gasteiger charge is -1.93. The van der Waals surface area contributed by atoms with E-state index in [0.717, 1.165) is 11.3 Å². The highest BCUT2D eigenvalue weighted by Crippen LogP contribution is 2.22. The highest BCUT2D eigenvalue weighted by atomic mass is 16.6. The van der Waals surface area contributed by atoms with Crippen molar-refractivity contribution in [1.29, 1.82) is 0 Å². The molecule has 1 heterocycles. The lowest BCUT2D eigenvalue weighted by atomic mass is 10.2. The molecule has 70 valence electrons. The lowest BCUT2D eigenvalue weighted by Crippen LogP contribution is -1.82. The first-order valence-electron chi connectivity index (χ1n) is 4.15. The van der Waals surface area contributed by atoms with Gasteiger partial charge < -0.3 is 4.98 Å². The Balaban J connectivity index is 2.39. The van der Waals surface area contributed by atoms with Crippen molar-refractivity contribution in [3.63, 3.8) is 0 Å². The zero-order chi connectivity index (χ0) is 9.97. The summed E-state index contributed by atoms with van der Waals surface area (Å²) in [6, 6.07) is 11.0. The molecule has 4 nitrogen and oxygen atoms in total. The van der Waals surface area contributed by atoms with E-state index in [4.69, 9.17) is 0 Å². The number of rotatable bonds is 2. The Hall–Kier alpha value is -2.10. The van der Waals surface area contributed by atoms with E-state index >= 15 is 0 Å². The summed E-state index contributed by atoms with van der Waals surface area (Å²) >= 11 is 0. The minimum atomic E-state index is -0.414. The smallest absolute Gasteiger partial charge is 0.287 e. The number of hydrogen-bond donors (Lipinski definition) is 1. The molecular weight excluding hydrogens is 180 g/mol. The molecule has 1 aromatic carbocycles. The molecule has 4 heteroatoms. The first-order valence-corrected chi connectivity index (χ1v) is 4.15. The Labute approximate surface area is 80.4 Å². The molecule has 14 heavy (non-hydrogen) atoms. The van der Waals surface area contributed by atoms with Gasteiger partial charge in [0.15, 0.2) is 0 Å². The fourth-order valence-electron chi connectivity index (χ4n) is 1.27. The Morgan fingerprint density at radius 3 is 2.50 bits per heavy atom. The van der Waals surface area contributed by atoms with Crippen molar-refractivity contribution in [3.05, 3.63) is 52.7 Å². The van der Waals surface area contributed by atoms with Gasteiger partial charge in [0.2, 0.25) is 0 Å². The van der Waals surface area contributed by atoms with Crippen molar-refractivity contribution in [1.82, 2.24) is 4.98 Å². The molecule has 0 spiro atoms. The third kappa shape index (κ3) is 1.50. The molecule has 0 atom stereocenters. The average Bonchev–Trinajstić information content (AvgIpc) is 2.68. The van der Waals surface area contributed by atoms with Gasteiger partial charge in [-0.25, -0.2) is 0 Å². The summed E-state index contributed by atoms with van der Waals surface area (Å²) in [6.07, 6.45) is 1.39. The largest absolute Gasteiger partial charge is 0.355 e. The van der Waals surface area contributed by atoms with Crippen molar-refractivity contribution in [3.8, 4) is 11.3 Å². The van der Waals surface area contributed by atoms with Gasteiger partial charge in [-0.15, -0.1) is 0 Å². The van der Waals surface area contributed by atoms with Crippen LogP contribution in [-0.2, 0) is 0 Å². The predicted octanol–water partition coefficient (Wildman–Crippen LogP) is 2.59. The monoisotopic (exact) mass is 188 g/mol. The molecule has 0 unspecified atom stereocenters. The molecular formula is C10H8N2O2. The number of nitrogens with one attached hydrogen (secondary N) is 1. The van der Waals surface area contributed by atoms with E-state index in [1.54, 1.807) is 0 Å². The maximum atomic E-state index is 10.4. The van der Waals surface area contributed by atoms with Crippen LogP contribution in [0, 0.1) is 10.1 Å². The first kappa shape index (κ1) is 8.50. The molecule has 1 aromatic heterocycles. The van der Waals surface area contributed by atoms with Crippen LogP contribution in [0.15, 0.2) is 42.6 Å². The van der Waals surface area contributed by atoms with Gasteiger partial charge in [0, 0.05) is 6.07 Å². The van der Waals surface area contributed by atoms with Crippen LogP contribution in [-0.4, -0.2) is 9.91 Å². The molecule has 2 aromatic rings. The van der Waals surface area contributed by atoms with E-state index < -0.39 is 4.92 Å². The van der Waals surface area contributed by atoms with Gasteiger partial charge in [-0.05, 0) is 5.56 Å². The zero-order valence-electron chi connectivity index (χ0n) is 7.31. The summed E-state index contributed by atoms with van der Waals surface area (Å²) in [6.45, 7) is 0. The van der Waals surface area contributed by atoms with E-state index in [1.807, 2.05) is 30.3 Å². The number of benzene rings is 1. The van der Waals surface area contributed by atoms with Crippen molar-refractivity contribution in [2.45, 2.75) is 0 Å².